The van der Waals surface area contributed by atoms with Gasteiger partial charge >= 0.3 is 0 Å². The first-order valence-electron chi connectivity index (χ1n) is 10.6. The van der Waals surface area contributed by atoms with Crippen LogP contribution in [0.2, 0.25) is 10.0 Å². The highest BCUT2D eigenvalue weighted by molar-refractivity contribution is 7.92. The Bertz CT molecular complexity index is 1130. The van der Waals surface area contributed by atoms with Gasteiger partial charge in [-0.3, -0.25) is 13.9 Å². The van der Waals surface area contributed by atoms with E-state index >= 15 is 0 Å². The number of nitrogens with one attached hydrogen (secondary N) is 1. The van der Waals surface area contributed by atoms with Crippen molar-refractivity contribution in [1.29, 1.82) is 0 Å². The van der Waals surface area contributed by atoms with Crippen molar-refractivity contribution in [1.82, 2.24) is 10.2 Å². The summed E-state index contributed by atoms with van der Waals surface area (Å²) in [6.07, 6.45) is 1.64. The molecule has 2 aromatic rings. The Morgan fingerprint density at radius 2 is 1.71 bits per heavy atom. The average molecular weight is 532 g/mol. The van der Waals surface area contributed by atoms with E-state index in [0.717, 1.165) is 22.7 Å². The van der Waals surface area contributed by atoms with Crippen LogP contribution in [0, 0.1) is 5.82 Å². The van der Waals surface area contributed by atoms with Crippen LogP contribution in [0.25, 0.3) is 0 Å². The quantitative estimate of drug-likeness (QED) is 0.496. The molecule has 0 saturated heterocycles. The molecule has 0 fully saturated rings. The molecule has 11 heteroatoms. The fourth-order valence-corrected chi connectivity index (χ4v) is 4.23. The minimum Gasteiger partial charge on any atom is -0.352 e. The third-order valence-electron chi connectivity index (χ3n) is 5.30. The predicted octanol–water partition coefficient (Wildman–Crippen LogP) is 4.23. The first-order valence-corrected chi connectivity index (χ1v) is 13.2. The average Bonchev–Trinajstić information content (AvgIpc) is 2.77. The molecule has 2 atom stereocenters. The zero-order valence-corrected chi connectivity index (χ0v) is 21.7. The van der Waals surface area contributed by atoms with Crippen molar-refractivity contribution in [3.8, 4) is 0 Å². The molecular formula is C23H28Cl2FN3O4S. The number of hydrogen-bond acceptors (Lipinski definition) is 4. The third-order valence-corrected chi connectivity index (χ3v) is 6.99. The van der Waals surface area contributed by atoms with E-state index in [9.17, 15) is 22.4 Å². The molecule has 0 bridgehead atoms. The van der Waals surface area contributed by atoms with Gasteiger partial charge in [-0.25, -0.2) is 12.8 Å². The number of sulfonamides is 1. The van der Waals surface area contributed by atoms with Crippen LogP contribution in [0.4, 0.5) is 10.1 Å². The fourth-order valence-electron chi connectivity index (χ4n) is 3.09. The summed E-state index contributed by atoms with van der Waals surface area (Å²) in [4.78, 5) is 27.5. The van der Waals surface area contributed by atoms with Crippen molar-refractivity contribution < 1.29 is 22.4 Å². The maximum absolute atomic E-state index is 13.6. The Morgan fingerprint density at radius 1 is 1.09 bits per heavy atom. The van der Waals surface area contributed by atoms with Gasteiger partial charge in [-0.1, -0.05) is 42.3 Å². The molecule has 186 valence electrons. The van der Waals surface area contributed by atoms with Crippen LogP contribution < -0.4 is 9.62 Å². The summed E-state index contributed by atoms with van der Waals surface area (Å²) in [5.41, 5.74) is 0.738. The van der Waals surface area contributed by atoms with E-state index < -0.39 is 34.3 Å². The van der Waals surface area contributed by atoms with Crippen LogP contribution in [0.1, 0.15) is 32.8 Å². The van der Waals surface area contributed by atoms with E-state index in [-0.39, 0.29) is 29.2 Å². The number of anilines is 1. The Morgan fingerprint density at radius 3 is 2.24 bits per heavy atom. The van der Waals surface area contributed by atoms with E-state index in [1.807, 2.05) is 13.8 Å². The van der Waals surface area contributed by atoms with Gasteiger partial charge in [0.2, 0.25) is 21.8 Å². The number of nitrogens with zero attached hydrogens (tertiary/aromatic N) is 2. The first-order chi connectivity index (χ1) is 15.8. The van der Waals surface area contributed by atoms with Gasteiger partial charge in [-0.05, 0) is 56.2 Å². The zero-order chi connectivity index (χ0) is 25.6. The maximum atomic E-state index is 13.6. The van der Waals surface area contributed by atoms with Crippen molar-refractivity contribution in [2.45, 2.75) is 45.8 Å². The minimum absolute atomic E-state index is 0.0328. The SMILES string of the molecule is CC[C@@H](C)NC(=O)[C@H](C)N(Cc1ccc(Cl)cc1)C(=O)CN(c1ccc(F)c(Cl)c1)S(C)(=O)=O. The van der Waals surface area contributed by atoms with Crippen LogP contribution in [0.5, 0.6) is 0 Å². The normalized spacial score (nSPS) is 13.1. The fraction of sp³-hybridized carbons (Fsp3) is 0.391. The summed E-state index contributed by atoms with van der Waals surface area (Å²) < 4.78 is 39.4. The van der Waals surface area contributed by atoms with Crippen LogP contribution in [0.3, 0.4) is 0 Å². The van der Waals surface area contributed by atoms with Gasteiger partial charge in [0.25, 0.3) is 0 Å². The van der Waals surface area contributed by atoms with Gasteiger partial charge in [0, 0.05) is 17.6 Å². The topological polar surface area (TPSA) is 86.8 Å². The lowest BCUT2D eigenvalue weighted by Crippen LogP contribution is -2.52. The lowest BCUT2D eigenvalue weighted by Gasteiger charge is -2.32. The van der Waals surface area contributed by atoms with Crippen molar-refractivity contribution >= 4 is 50.7 Å². The summed E-state index contributed by atoms with van der Waals surface area (Å²) >= 11 is 11.8. The lowest BCUT2D eigenvalue weighted by atomic mass is 10.1. The molecule has 0 spiro atoms. The smallest absolute Gasteiger partial charge is 0.244 e. The second-order valence-corrected chi connectivity index (χ2v) is 10.8. The molecule has 0 aliphatic carbocycles. The Kier molecular flexibility index (Phi) is 9.73. The van der Waals surface area contributed by atoms with E-state index in [1.54, 1.807) is 31.2 Å². The number of carbonyl (C=O) groups is 2. The van der Waals surface area contributed by atoms with Gasteiger partial charge in [0.05, 0.1) is 17.0 Å². The van der Waals surface area contributed by atoms with Crippen LogP contribution in [0.15, 0.2) is 42.5 Å². The molecule has 0 heterocycles. The monoisotopic (exact) mass is 531 g/mol. The number of amides is 2. The molecule has 34 heavy (non-hydrogen) atoms. The third kappa shape index (κ3) is 7.58. The van der Waals surface area contributed by atoms with Crippen LogP contribution >= 0.6 is 23.2 Å². The summed E-state index contributed by atoms with van der Waals surface area (Å²) in [6, 6.07) is 9.14. The summed E-state index contributed by atoms with van der Waals surface area (Å²) in [5.74, 6) is -1.70. The van der Waals surface area contributed by atoms with E-state index in [4.69, 9.17) is 23.2 Å². The molecule has 1 N–H and O–H groups in total. The van der Waals surface area contributed by atoms with E-state index in [0.29, 0.717) is 17.0 Å². The molecule has 7 nitrogen and oxygen atoms in total. The molecule has 0 aliphatic heterocycles. The van der Waals surface area contributed by atoms with Crippen LogP contribution in [-0.4, -0.2) is 50.0 Å². The molecule has 2 rings (SSSR count). The minimum atomic E-state index is -3.94. The Balaban J connectivity index is 2.39. The molecule has 2 amide bonds. The summed E-state index contributed by atoms with van der Waals surface area (Å²) in [5, 5.41) is 3.08. The number of carbonyl (C=O) groups excluding carboxylic acids is 2. The zero-order valence-electron chi connectivity index (χ0n) is 19.4. The number of benzene rings is 2. The molecule has 2 aromatic carbocycles. The summed E-state index contributed by atoms with van der Waals surface area (Å²) in [6.45, 7) is 4.79. The van der Waals surface area contributed by atoms with Crippen molar-refractivity contribution in [2.75, 3.05) is 17.1 Å². The number of halogens is 3. The van der Waals surface area contributed by atoms with Gasteiger partial charge in [0.1, 0.15) is 18.4 Å². The Labute approximate surface area is 209 Å². The van der Waals surface area contributed by atoms with E-state index in [1.165, 1.54) is 11.0 Å². The van der Waals surface area contributed by atoms with Crippen molar-refractivity contribution in [3.63, 3.8) is 0 Å². The second-order valence-electron chi connectivity index (χ2n) is 8.01. The Hall–Kier alpha value is -2.36. The predicted molar refractivity (Wildman–Crippen MR) is 133 cm³/mol. The number of hydrogen-bond donors (Lipinski definition) is 1. The van der Waals surface area contributed by atoms with Crippen LogP contribution in [-0.2, 0) is 26.2 Å². The maximum Gasteiger partial charge on any atom is 0.244 e. The highest BCUT2D eigenvalue weighted by Gasteiger charge is 2.30. The lowest BCUT2D eigenvalue weighted by molar-refractivity contribution is -0.139. The van der Waals surface area contributed by atoms with Gasteiger partial charge in [-0.15, -0.1) is 0 Å². The number of rotatable bonds is 10. The first kappa shape index (κ1) is 27.9. The van der Waals surface area contributed by atoms with Gasteiger partial charge < -0.3 is 10.2 Å². The van der Waals surface area contributed by atoms with Crippen molar-refractivity contribution in [2.24, 2.45) is 0 Å². The molecule has 0 aromatic heterocycles. The molecule has 0 saturated carbocycles. The summed E-state index contributed by atoms with van der Waals surface area (Å²) in [7, 11) is -3.94. The van der Waals surface area contributed by atoms with Gasteiger partial charge in [-0.2, -0.15) is 0 Å². The van der Waals surface area contributed by atoms with Gasteiger partial charge in [0.15, 0.2) is 0 Å². The molecule has 0 aliphatic rings. The van der Waals surface area contributed by atoms with E-state index in [2.05, 4.69) is 5.32 Å². The molecule has 0 unspecified atom stereocenters. The largest absolute Gasteiger partial charge is 0.352 e. The second kappa shape index (κ2) is 11.9. The van der Waals surface area contributed by atoms with Crippen molar-refractivity contribution in [3.05, 3.63) is 63.9 Å². The highest BCUT2D eigenvalue weighted by Crippen LogP contribution is 2.25. The molecule has 0 radical (unpaired) electrons. The standard InChI is InChI=1S/C23H28Cl2FN3O4S/c1-5-15(2)27-23(31)16(3)28(13-17-6-8-18(24)9-7-17)22(30)14-29(34(4,32)33)19-10-11-21(26)20(25)12-19/h6-12,15-16H,5,13-14H2,1-4H3,(H,27,31)/t15-,16+/m1/s1. The molecular weight excluding hydrogens is 504 g/mol. The highest BCUT2D eigenvalue weighted by atomic mass is 35.5.